The van der Waals surface area contributed by atoms with Gasteiger partial charge in [0.05, 0.1) is 15.0 Å². The highest BCUT2D eigenvalue weighted by Crippen LogP contribution is 1.97. The molecule has 0 spiro atoms. The lowest BCUT2D eigenvalue weighted by Gasteiger charge is -2.04. The van der Waals surface area contributed by atoms with Crippen LogP contribution in [0, 0.1) is 11.5 Å². The average molecular weight is 142 g/mol. The standard InChI is InChI=1S/C6H12NOSi/c1-3-9(4-2)6-8-5-7/h3-4,6H2,1-2H3. The van der Waals surface area contributed by atoms with Crippen molar-refractivity contribution in [2.75, 3.05) is 6.23 Å². The molecule has 0 aromatic heterocycles. The molecule has 0 aromatic carbocycles. The Hall–Kier alpha value is -0.493. The largest absolute Gasteiger partial charge is 0.432 e. The summed E-state index contributed by atoms with van der Waals surface area (Å²) < 4.78 is 4.63. The Balaban J connectivity index is 3.22. The van der Waals surface area contributed by atoms with Crippen molar-refractivity contribution in [1.82, 2.24) is 0 Å². The van der Waals surface area contributed by atoms with Gasteiger partial charge in [-0.3, -0.25) is 0 Å². The van der Waals surface area contributed by atoms with Gasteiger partial charge in [0, 0.05) is 0 Å². The first-order valence-corrected chi connectivity index (χ1v) is 5.31. The van der Waals surface area contributed by atoms with Crippen molar-refractivity contribution in [2.45, 2.75) is 25.9 Å². The van der Waals surface area contributed by atoms with E-state index in [0.29, 0.717) is 6.23 Å². The Morgan fingerprint density at radius 2 is 2.00 bits per heavy atom. The van der Waals surface area contributed by atoms with E-state index in [-0.39, 0.29) is 8.80 Å². The second-order valence-corrected chi connectivity index (χ2v) is 5.04. The summed E-state index contributed by atoms with van der Waals surface area (Å²) in [6.07, 6.45) is 2.38. The molecule has 0 aliphatic rings. The van der Waals surface area contributed by atoms with E-state index in [1.165, 1.54) is 12.1 Å². The van der Waals surface area contributed by atoms with Crippen LogP contribution in [0.4, 0.5) is 0 Å². The van der Waals surface area contributed by atoms with Crippen molar-refractivity contribution in [1.29, 1.82) is 5.26 Å². The summed E-state index contributed by atoms with van der Waals surface area (Å²) in [5, 5.41) is 8.05. The third-order valence-electron chi connectivity index (χ3n) is 1.34. The molecule has 0 amide bonds. The first kappa shape index (κ1) is 8.51. The molecule has 1 radical (unpaired) electrons. The Morgan fingerprint density at radius 1 is 1.44 bits per heavy atom. The molecule has 0 aromatic rings. The van der Waals surface area contributed by atoms with Gasteiger partial charge in [-0.25, -0.2) is 0 Å². The van der Waals surface area contributed by atoms with Crippen LogP contribution in [0.3, 0.4) is 0 Å². The van der Waals surface area contributed by atoms with Crippen LogP contribution in [-0.2, 0) is 4.74 Å². The van der Waals surface area contributed by atoms with Crippen LogP contribution in [0.1, 0.15) is 13.8 Å². The third kappa shape index (κ3) is 4.04. The van der Waals surface area contributed by atoms with Crippen molar-refractivity contribution in [3.05, 3.63) is 0 Å². The van der Waals surface area contributed by atoms with Crippen LogP contribution in [0.25, 0.3) is 0 Å². The van der Waals surface area contributed by atoms with Gasteiger partial charge in [-0.2, -0.15) is 5.26 Å². The third-order valence-corrected chi connectivity index (χ3v) is 3.89. The summed E-state index contributed by atoms with van der Waals surface area (Å²) in [7, 11) is -0.331. The SMILES string of the molecule is CC[Si](CC)COC#N. The molecule has 0 aliphatic heterocycles. The maximum Gasteiger partial charge on any atom is 0.285 e. The average Bonchev–Trinajstić information content (AvgIpc) is 1.91. The molecule has 0 aliphatic carbocycles. The van der Waals surface area contributed by atoms with E-state index in [0.717, 1.165) is 0 Å². The van der Waals surface area contributed by atoms with Crippen molar-refractivity contribution in [2.24, 2.45) is 0 Å². The van der Waals surface area contributed by atoms with Crippen molar-refractivity contribution >= 4 is 8.80 Å². The molecule has 3 heteroatoms. The Kier molecular flexibility index (Phi) is 5.33. The molecule has 0 bridgehead atoms. The normalized spacial score (nSPS) is 9.11. The first-order chi connectivity index (χ1) is 4.35. The summed E-state index contributed by atoms with van der Waals surface area (Å²) in [5.74, 6) is 0. The van der Waals surface area contributed by atoms with Crippen molar-refractivity contribution in [3.63, 3.8) is 0 Å². The number of hydrogen-bond acceptors (Lipinski definition) is 2. The molecule has 0 rings (SSSR count). The smallest absolute Gasteiger partial charge is 0.285 e. The van der Waals surface area contributed by atoms with Gasteiger partial charge in [-0.05, 0) is 0 Å². The van der Waals surface area contributed by atoms with Crippen LogP contribution >= 0.6 is 0 Å². The van der Waals surface area contributed by atoms with E-state index in [9.17, 15) is 0 Å². The molecule has 0 saturated carbocycles. The molecule has 0 fully saturated rings. The van der Waals surface area contributed by atoms with E-state index in [2.05, 4.69) is 18.6 Å². The van der Waals surface area contributed by atoms with Crippen LogP contribution < -0.4 is 0 Å². The highest BCUT2D eigenvalue weighted by Gasteiger charge is 2.04. The summed E-state index contributed by atoms with van der Waals surface area (Å²) in [4.78, 5) is 0. The van der Waals surface area contributed by atoms with E-state index in [1.54, 1.807) is 6.26 Å². The lowest BCUT2D eigenvalue weighted by atomic mass is 10.9. The molecule has 0 atom stereocenters. The van der Waals surface area contributed by atoms with E-state index in [1.807, 2.05) is 0 Å². The van der Waals surface area contributed by atoms with Gasteiger partial charge >= 0.3 is 0 Å². The van der Waals surface area contributed by atoms with Crippen LogP contribution in [0.2, 0.25) is 12.1 Å². The molecule has 0 unspecified atom stereocenters. The highest BCUT2D eigenvalue weighted by atomic mass is 28.3. The molecule has 9 heavy (non-hydrogen) atoms. The fourth-order valence-electron chi connectivity index (χ4n) is 0.588. The van der Waals surface area contributed by atoms with Crippen molar-refractivity contribution in [3.8, 4) is 6.26 Å². The number of rotatable bonds is 4. The first-order valence-electron chi connectivity index (χ1n) is 3.19. The van der Waals surface area contributed by atoms with Gasteiger partial charge in [0.1, 0.15) is 0 Å². The summed E-state index contributed by atoms with van der Waals surface area (Å²) in [6, 6.07) is 2.39. The topological polar surface area (TPSA) is 33.0 Å². The number of nitrogens with zero attached hydrogens (tertiary/aromatic N) is 1. The second kappa shape index (κ2) is 5.64. The monoisotopic (exact) mass is 142 g/mol. The van der Waals surface area contributed by atoms with Gasteiger partial charge in [0.15, 0.2) is 0 Å². The van der Waals surface area contributed by atoms with Gasteiger partial charge < -0.3 is 4.74 Å². The highest BCUT2D eigenvalue weighted by molar-refractivity contribution is 6.58. The number of hydrogen-bond donors (Lipinski definition) is 0. The molecular weight excluding hydrogens is 130 g/mol. The minimum atomic E-state index is -0.331. The maximum atomic E-state index is 8.05. The van der Waals surface area contributed by atoms with Crippen LogP contribution in [-0.4, -0.2) is 15.0 Å². The molecule has 0 heterocycles. The second-order valence-electron chi connectivity index (χ2n) is 1.84. The van der Waals surface area contributed by atoms with E-state index >= 15 is 0 Å². The zero-order chi connectivity index (χ0) is 7.11. The van der Waals surface area contributed by atoms with Gasteiger partial charge in [0.2, 0.25) is 0 Å². The Bertz CT molecular complexity index is 95.7. The van der Waals surface area contributed by atoms with Gasteiger partial charge in [-0.15, -0.1) is 0 Å². The van der Waals surface area contributed by atoms with E-state index in [4.69, 9.17) is 5.26 Å². The zero-order valence-corrected chi connectivity index (χ0v) is 6.98. The summed E-state index contributed by atoms with van der Waals surface area (Å²) in [5.41, 5.74) is 0. The van der Waals surface area contributed by atoms with Crippen molar-refractivity contribution < 1.29 is 4.74 Å². The molecule has 0 N–H and O–H groups in total. The van der Waals surface area contributed by atoms with Gasteiger partial charge in [-0.1, -0.05) is 25.9 Å². The lowest BCUT2D eigenvalue weighted by molar-refractivity contribution is 0.329. The number of nitriles is 1. The summed E-state index contributed by atoms with van der Waals surface area (Å²) >= 11 is 0. The van der Waals surface area contributed by atoms with E-state index < -0.39 is 0 Å². The minimum Gasteiger partial charge on any atom is -0.432 e. The fraction of sp³-hybridized carbons (Fsp3) is 0.833. The fourth-order valence-corrected chi connectivity index (χ4v) is 1.77. The number of ether oxygens (including phenoxy) is 1. The summed E-state index contributed by atoms with van der Waals surface area (Å²) in [6.45, 7) is 4.30. The van der Waals surface area contributed by atoms with Crippen LogP contribution in [0.5, 0.6) is 0 Å². The van der Waals surface area contributed by atoms with Crippen LogP contribution in [0.15, 0.2) is 0 Å². The molecule has 51 valence electrons. The molecular formula is C6H12NOSi. The van der Waals surface area contributed by atoms with Gasteiger partial charge in [0.25, 0.3) is 6.26 Å². The molecule has 2 nitrogen and oxygen atoms in total. The lowest BCUT2D eigenvalue weighted by Crippen LogP contribution is -2.16. The molecule has 0 saturated heterocycles. The maximum absolute atomic E-state index is 8.05. The predicted molar refractivity (Wildman–Crippen MR) is 38.3 cm³/mol. The Morgan fingerprint density at radius 3 is 2.33 bits per heavy atom. The predicted octanol–water partition coefficient (Wildman–Crippen LogP) is 1.56. The zero-order valence-electron chi connectivity index (χ0n) is 5.98. The Labute approximate surface area is 58.0 Å². The minimum absolute atomic E-state index is 0.331. The quantitative estimate of drug-likeness (QED) is 0.441.